The third-order valence-electron chi connectivity index (χ3n) is 9.07. The van der Waals surface area contributed by atoms with Crippen LogP contribution in [-0.4, -0.2) is 10.2 Å². The lowest BCUT2D eigenvalue weighted by molar-refractivity contribution is 0.436. The summed E-state index contributed by atoms with van der Waals surface area (Å²) >= 11 is 0. The molecule has 1 aliphatic heterocycles. The molecule has 3 nitrogen and oxygen atoms in total. The number of ether oxygens (including phenoxy) is 1. The van der Waals surface area contributed by atoms with Gasteiger partial charge in [0, 0.05) is 22.3 Å². The molecule has 0 amide bonds. The Morgan fingerprint density at radius 2 is 0.909 bits per heavy atom. The Labute approximate surface area is 256 Å². The molecule has 1 spiro atoms. The van der Waals surface area contributed by atoms with Gasteiger partial charge in [-0.2, -0.15) is 0 Å². The van der Waals surface area contributed by atoms with Crippen LogP contribution in [0.1, 0.15) is 22.3 Å². The van der Waals surface area contributed by atoms with Gasteiger partial charge >= 0.3 is 0 Å². The normalized spacial score (nSPS) is 13.4. The lowest BCUT2D eigenvalue weighted by Gasteiger charge is -2.39. The first kappa shape index (κ1) is 24.8. The van der Waals surface area contributed by atoms with Gasteiger partial charge in [-0.15, -0.1) is 10.2 Å². The van der Waals surface area contributed by atoms with Crippen molar-refractivity contribution in [1.29, 1.82) is 0 Å². The molecule has 2 heterocycles. The maximum absolute atomic E-state index is 6.70. The van der Waals surface area contributed by atoms with E-state index in [2.05, 4.69) is 125 Å². The van der Waals surface area contributed by atoms with Crippen molar-refractivity contribution in [1.82, 2.24) is 10.2 Å². The van der Waals surface area contributed by atoms with Gasteiger partial charge in [-0.1, -0.05) is 127 Å². The highest BCUT2D eigenvalue weighted by Crippen LogP contribution is 2.62. The maximum Gasteiger partial charge on any atom is 0.132 e. The van der Waals surface area contributed by atoms with Crippen LogP contribution in [0.2, 0.25) is 0 Å². The lowest BCUT2D eigenvalue weighted by Crippen LogP contribution is -2.32. The molecule has 0 saturated carbocycles. The van der Waals surface area contributed by atoms with Crippen LogP contribution in [0.25, 0.3) is 44.8 Å². The molecule has 9 rings (SSSR count). The summed E-state index contributed by atoms with van der Waals surface area (Å²) in [4.78, 5) is 0. The van der Waals surface area contributed by atoms with E-state index in [0.717, 1.165) is 50.7 Å². The predicted octanol–water partition coefficient (Wildman–Crippen LogP) is 9.95. The van der Waals surface area contributed by atoms with Gasteiger partial charge in [0.25, 0.3) is 0 Å². The second-order valence-corrected chi connectivity index (χ2v) is 11.4. The van der Waals surface area contributed by atoms with Gasteiger partial charge in [0.15, 0.2) is 0 Å². The summed E-state index contributed by atoms with van der Waals surface area (Å²) in [5.74, 6) is 1.77. The van der Waals surface area contributed by atoms with Gasteiger partial charge in [0.1, 0.15) is 11.5 Å². The second kappa shape index (κ2) is 9.62. The van der Waals surface area contributed by atoms with E-state index in [1.54, 1.807) is 0 Å². The van der Waals surface area contributed by atoms with Gasteiger partial charge in [0.2, 0.25) is 0 Å². The topological polar surface area (TPSA) is 35.0 Å². The summed E-state index contributed by atoms with van der Waals surface area (Å²) in [5.41, 5.74) is 13.0. The van der Waals surface area contributed by atoms with Crippen LogP contribution in [0, 0.1) is 0 Å². The summed E-state index contributed by atoms with van der Waals surface area (Å²) in [5, 5.41) is 9.09. The number of benzene rings is 6. The summed E-state index contributed by atoms with van der Waals surface area (Å²) in [7, 11) is 0. The molecule has 44 heavy (non-hydrogen) atoms. The minimum absolute atomic E-state index is 0.451. The molecule has 0 N–H and O–H groups in total. The van der Waals surface area contributed by atoms with E-state index in [1.807, 2.05) is 42.5 Å². The molecule has 1 aromatic heterocycles. The Balaban J connectivity index is 1.17. The Morgan fingerprint density at radius 1 is 0.364 bits per heavy atom. The monoisotopic (exact) mass is 562 g/mol. The zero-order valence-electron chi connectivity index (χ0n) is 23.8. The number of hydrogen-bond acceptors (Lipinski definition) is 3. The zero-order valence-corrected chi connectivity index (χ0v) is 23.8. The Kier molecular flexibility index (Phi) is 5.41. The summed E-state index contributed by atoms with van der Waals surface area (Å²) < 4.78 is 6.70. The van der Waals surface area contributed by atoms with E-state index >= 15 is 0 Å². The van der Waals surface area contributed by atoms with Crippen LogP contribution in [-0.2, 0) is 5.41 Å². The predicted molar refractivity (Wildman–Crippen MR) is 176 cm³/mol. The standard InChI is InChI=1S/C41H26N2O/c1-2-11-27(12-3-1)37-23-24-38(43-42-37)30-14-10-13-28(25-30)29-21-22-36-40(26-29)44-39-20-9-8-19-35(39)41(36)33-17-6-4-15-31(33)32-16-5-7-18-34(32)41/h1-26H. The van der Waals surface area contributed by atoms with Crippen molar-refractivity contribution in [2.75, 3.05) is 0 Å². The largest absolute Gasteiger partial charge is 0.457 e. The van der Waals surface area contributed by atoms with Gasteiger partial charge in [0.05, 0.1) is 16.8 Å². The first-order valence-electron chi connectivity index (χ1n) is 14.9. The van der Waals surface area contributed by atoms with E-state index in [4.69, 9.17) is 4.74 Å². The smallest absolute Gasteiger partial charge is 0.132 e. The molecule has 3 heteroatoms. The van der Waals surface area contributed by atoms with Gasteiger partial charge < -0.3 is 4.74 Å². The van der Waals surface area contributed by atoms with Crippen LogP contribution in [0.4, 0.5) is 0 Å². The molecule has 206 valence electrons. The Hall–Kier alpha value is -5.80. The zero-order chi connectivity index (χ0) is 29.1. The molecule has 0 unspecified atom stereocenters. The Morgan fingerprint density at radius 3 is 1.64 bits per heavy atom. The molecule has 0 saturated heterocycles. The number of nitrogens with zero attached hydrogens (tertiary/aromatic N) is 2. The molecule has 1 aliphatic carbocycles. The lowest BCUT2D eigenvalue weighted by atomic mass is 9.66. The Bertz CT molecular complexity index is 2160. The third kappa shape index (κ3) is 3.56. The van der Waals surface area contributed by atoms with Crippen LogP contribution in [0.15, 0.2) is 158 Å². The average molecular weight is 563 g/mol. The van der Waals surface area contributed by atoms with Gasteiger partial charge in [-0.25, -0.2) is 0 Å². The molecule has 6 aromatic carbocycles. The highest BCUT2D eigenvalue weighted by atomic mass is 16.5. The number of para-hydroxylation sites is 1. The van der Waals surface area contributed by atoms with Gasteiger partial charge in [-0.3, -0.25) is 0 Å². The fraction of sp³-hybridized carbons (Fsp3) is 0.0244. The molecular weight excluding hydrogens is 536 g/mol. The fourth-order valence-corrected chi connectivity index (χ4v) is 7.15. The molecule has 7 aromatic rings. The highest BCUT2D eigenvalue weighted by molar-refractivity contribution is 5.89. The first-order valence-corrected chi connectivity index (χ1v) is 14.9. The molecule has 0 fully saturated rings. The van der Waals surface area contributed by atoms with Crippen LogP contribution in [0.5, 0.6) is 11.5 Å². The minimum atomic E-state index is -0.451. The van der Waals surface area contributed by atoms with Crippen molar-refractivity contribution >= 4 is 0 Å². The molecule has 0 radical (unpaired) electrons. The summed E-state index contributed by atoms with van der Waals surface area (Å²) in [6.45, 7) is 0. The van der Waals surface area contributed by atoms with Crippen molar-refractivity contribution in [3.8, 4) is 56.3 Å². The second-order valence-electron chi connectivity index (χ2n) is 11.4. The van der Waals surface area contributed by atoms with E-state index in [1.165, 1.54) is 27.8 Å². The summed E-state index contributed by atoms with van der Waals surface area (Å²) in [6.07, 6.45) is 0. The van der Waals surface area contributed by atoms with Gasteiger partial charge in [-0.05, 0) is 63.7 Å². The van der Waals surface area contributed by atoms with E-state index in [9.17, 15) is 0 Å². The third-order valence-corrected chi connectivity index (χ3v) is 9.07. The maximum atomic E-state index is 6.70. The molecule has 0 bridgehead atoms. The summed E-state index contributed by atoms with van der Waals surface area (Å²) in [6, 6.07) is 55.5. The average Bonchev–Trinajstić information content (AvgIpc) is 3.39. The fourth-order valence-electron chi connectivity index (χ4n) is 7.15. The first-order chi connectivity index (χ1) is 21.8. The van der Waals surface area contributed by atoms with Crippen molar-refractivity contribution in [2.45, 2.75) is 5.41 Å². The van der Waals surface area contributed by atoms with Crippen LogP contribution < -0.4 is 4.74 Å². The SMILES string of the molecule is c1ccc(-c2ccc(-c3cccc(-c4ccc5c(c4)Oc4ccccc4C54c5ccccc5-c5ccccc54)c3)nn2)cc1. The van der Waals surface area contributed by atoms with Crippen molar-refractivity contribution in [3.63, 3.8) is 0 Å². The van der Waals surface area contributed by atoms with E-state index in [-0.39, 0.29) is 0 Å². The number of fused-ring (bicyclic) bond motifs is 9. The minimum Gasteiger partial charge on any atom is -0.457 e. The van der Waals surface area contributed by atoms with Crippen LogP contribution in [0.3, 0.4) is 0 Å². The molecule has 2 aliphatic rings. The highest BCUT2D eigenvalue weighted by Gasteiger charge is 2.50. The molecule has 0 atom stereocenters. The van der Waals surface area contributed by atoms with Crippen molar-refractivity contribution in [3.05, 3.63) is 180 Å². The van der Waals surface area contributed by atoms with Crippen molar-refractivity contribution in [2.24, 2.45) is 0 Å². The number of aromatic nitrogens is 2. The quantitative estimate of drug-likeness (QED) is 0.215. The van der Waals surface area contributed by atoms with Crippen molar-refractivity contribution < 1.29 is 4.74 Å². The van der Waals surface area contributed by atoms with E-state index in [0.29, 0.717) is 0 Å². The number of hydrogen-bond donors (Lipinski definition) is 0. The van der Waals surface area contributed by atoms with Crippen LogP contribution >= 0.6 is 0 Å². The molecular formula is C41H26N2O. The number of rotatable bonds is 3. The van der Waals surface area contributed by atoms with E-state index < -0.39 is 5.41 Å².